The smallest absolute Gasteiger partial charge is 0.0781 e. The van der Waals surface area contributed by atoms with Crippen molar-refractivity contribution in [3.63, 3.8) is 0 Å². The maximum Gasteiger partial charge on any atom is 0.0781 e. The second-order valence-electron chi connectivity index (χ2n) is 5.59. The number of hydrogen-bond acceptors (Lipinski definition) is 2. The fourth-order valence-electron chi connectivity index (χ4n) is 2.99. The van der Waals surface area contributed by atoms with E-state index in [1.807, 2.05) is 19.1 Å². The number of piperidine rings is 1. The van der Waals surface area contributed by atoms with Crippen LogP contribution in [0, 0.1) is 11.8 Å². The van der Waals surface area contributed by atoms with E-state index < -0.39 is 6.10 Å². The first-order valence-corrected chi connectivity index (χ1v) is 6.60. The molecule has 0 spiro atoms. The topological polar surface area (TPSA) is 23.5 Å². The molecular weight excluding hydrogens is 210 g/mol. The third kappa shape index (κ3) is 2.81. The molecule has 1 fully saturated rings. The molecule has 1 N–H and O–H groups in total. The van der Waals surface area contributed by atoms with Gasteiger partial charge in [-0.1, -0.05) is 32.0 Å². The van der Waals surface area contributed by atoms with Crippen molar-refractivity contribution >= 4 is 5.69 Å². The minimum absolute atomic E-state index is 0.390. The average molecular weight is 233 g/mol. The lowest BCUT2D eigenvalue weighted by Gasteiger charge is -2.38. The van der Waals surface area contributed by atoms with Crippen molar-refractivity contribution < 1.29 is 5.11 Å². The lowest BCUT2D eigenvalue weighted by molar-refractivity contribution is 0.199. The number of hydrogen-bond donors (Lipinski definition) is 1. The van der Waals surface area contributed by atoms with Crippen LogP contribution in [0.2, 0.25) is 0 Å². The Kier molecular flexibility index (Phi) is 3.72. The van der Waals surface area contributed by atoms with Crippen LogP contribution in [0.3, 0.4) is 0 Å². The van der Waals surface area contributed by atoms with Crippen LogP contribution in [0.25, 0.3) is 0 Å². The Balaban J connectivity index is 2.27. The molecule has 3 atom stereocenters. The summed E-state index contributed by atoms with van der Waals surface area (Å²) in [6.45, 7) is 8.68. The molecule has 2 rings (SSSR count). The summed E-state index contributed by atoms with van der Waals surface area (Å²) in [7, 11) is 0. The standard InChI is InChI=1S/C15H23NO/c1-11-8-12(2)10-16(9-11)15-7-5-4-6-14(15)13(3)17/h4-7,11-13,17H,8-10H2,1-3H3/t11?,12?,13-/m1/s1. The van der Waals surface area contributed by atoms with Gasteiger partial charge < -0.3 is 10.0 Å². The molecule has 0 saturated carbocycles. The van der Waals surface area contributed by atoms with Crippen molar-refractivity contribution in [1.82, 2.24) is 0 Å². The van der Waals surface area contributed by atoms with Crippen LogP contribution in [0.15, 0.2) is 24.3 Å². The predicted molar refractivity (Wildman–Crippen MR) is 72.2 cm³/mol. The highest BCUT2D eigenvalue weighted by Gasteiger charge is 2.23. The van der Waals surface area contributed by atoms with Gasteiger partial charge in [0, 0.05) is 24.3 Å². The van der Waals surface area contributed by atoms with Crippen LogP contribution in [0.1, 0.15) is 38.9 Å². The van der Waals surface area contributed by atoms with E-state index in [1.165, 1.54) is 12.1 Å². The van der Waals surface area contributed by atoms with Crippen LogP contribution < -0.4 is 4.90 Å². The van der Waals surface area contributed by atoms with Gasteiger partial charge in [-0.2, -0.15) is 0 Å². The minimum atomic E-state index is -0.390. The molecule has 1 heterocycles. The second-order valence-corrected chi connectivity index (χ2v) is 5.59. The predicted octanol–water partition coefficient (Wildman–Crippen LogP) is 3.22. The molecule has 17 heavy (non-hydrogen) atoms. The van der Waals surface area contributed by atoms with E-state index in [0.717, 1.165) is 30.5 Å². The highest BCUT2D eigenvalue weighted by atomic mass is 16.3. The molecule has 2 heteroatoms. The molecule has 0 amide bonds. The first-order valence-electron chi connectivity index (χ1n) is 6.60. The van der Waals surface area contributed by atoms with Crippen LogP contribution in [-0.2, 0) is 0 Å². The van der Waals surface area contributed by atoms with Gasteiger partial charge in [-0.05, 0) is 31.2 Å². The van der Waals surface area contributed by atoms with Crippen molar-refractivity contribution in [2.45, 2.75) is 33.3 Å². The number of aliphatic hydroxyl groups is 1. The molecule has 1 saturated heterocycles. The van der Waals surface area contributed by atoms with Crippen molar-refractivity contribution in [3.8, 4) is 0 Å². The average Bonchev–Trinajstić information content (AvgIpc) is 2.27. The van der Waals surface area contributed by atoms with Crippen molar-refractivity contribution in [2.24, 2.45) is 11.8 Å². The Hall–Kier alpha value is -1.02. The Morgan fingerprint density at radius 3 is 2.35 bits per heavy atom. The quantitative estimate of drug-likeness (QED) is 0.847. The van der Waals surface area contributed by atoms with Crippen LogP contribution in [-0.4, -0.2) is 18.2 Å². The number of anilines is 1. The van der Waals surface area contributed by atoms with E-state index >= 15 is 0 Å². The largest absolute Gasteiger partial charge is 0.389 e. The number of benzene rings is 1. The normalized spacial score (nSPS) is 26.9. The zero-order chi connectivity index (χ0) is 12.4. The number of para-hydroxylation sites is 1. The van der Waals surface area contributed by atoms with Crippen LogP contribution in [0.4, 0.5) is 5.69 Å². The van der Waals surface area contributed by atoms with Gasteiger partial charge in [-0.3, -0.25) is 0 Å². The van der Waals surface area contributed by atoms with Gasteiger partial charge in [-0.25, -0.2) is 0 Å². The zero-order valence-electron chi connectivity index (χ0n) is 11.1. The molecule has 1 aliphatic heterocycles. The first-order chi connectivity index (χ1) is 8.08. The molecule has 1 aromatic rings. The van der Waals surface area contributed by atoms with Crippen LogP contribution >= 0.6 is 0 Å². The summed E-state index contributed by atoms with van der Waals surface area (Å²) < 4.78 is 0. The van der Waals surface area contributed by atoms with Gasteiger partial charge in [0.25, 0.3) is 0 Å². The number of rotatable bonds is 2. The minimum Gasteiger partial charge on any atom is -0.389 e. The summed E-state index contributed by atoms with van der Waals surface area (Å²) >= 11 is 0. The summed E-state index contributed by atoms with van der Waals surface area (Å²) in [6, 6.07) is 8.23. The molecule has 0 aromatic heterocycles. The maximum atomic E-state index is 9.84. The molecule has 2 nitrogen and oxygen atoms in total. The SMILES string of the molecule is CC1CC(C)CN(c2ccccc2[C@@H](C)O)C1. The van der Waals surface area contributed by atoms with E-state index in [4.69, 9.17) is 0 Å². The van der Waals surface area contributed by atoms with E-state index in [2.05, 4.69) is 30.9 Å². The summed E-state index contributed by atoms with van der Waals surface area (Å²) in [5, 5.41) is 9.84. The molecule has 0 bridgehead atoms. The summed E-state index contributed by atoms with van der Waals surface area (Å²) in [4.78, 5) is 2.43. The van der Waals surface area contributed by atoms with Gasteiger partial charge in [0.1, 0.15) is 0 Å². The highest BCUT2D eigenvalue weighted by molar-refractivity contribution is 5.55. The van der Waals surface area contributed by atoms with Gasteiger partial charge >= 0.3 is 0 Å². The van der Waals surface area contributed by atoms with Gasteiger partial charge in [0.05, 0.1) is 6.10 Å². The third-order valence-corrected chi connectivity index (χ3v) is 3.60. The molecule has 2 unspecified atom stereocenters. The van der Waals surface area contributed by atoms with Gasteiger partial charge in [0.2, 0.25) is 0 Å². The zero-order valence-corrected chi connectivity index (χ0v) is 11.1. The maximum absolute atomic E-state index is 9.84. The van der Waals surface area contributed by atoms with Crippen LogP contribution in [0.5, 0.6) is 0 Å². The second kappa shape index (κ2) is 5.09. The Labute approximate surface area is 104 Å². The van der Waals surface area contributed by atoms with Crippen molar-refractivity contribution in [3.05, 3.63) is 29.8 Å². The molecular formula is C15H23NO. The summed E-state index contributed by atoms with van der Waals surface area (Å²) in [5.74, 6) is 1.47. The van der Waals surface area contributed by atoms with E-state index in [0.29, 0.717) is 0 Å². The molecule has 1 aromatic carbocycles. The monoisotopic (exact) mass is 233 g/mol. The molecule has 0 aliphatic carbocycles. The van der Waals surface area contributed by atoms with E-state index in [-0.39, 0.29) is 0 Å². The Bertz CT molecular complexity index is 365. The van der Waals surface area contributed by atoms with Crippen molar-refractivity contribution in [1.29, 1.82) is 0 Å². The fourth-order valence-corrected chi connectivity index (χ4v) is 2.99. The first kappa shape index (κ1) is 12.4. The van der Waals surface area contributed by atoms with E-state index in [9.17, 15) is 5.11 Å². The van der Waals surface area contributed by atoms with Gasteiger partial charge in [-0.15, -0.1) is 0 Å². The Morgan fingerprint density at radius 1 is 1.18 bits per heavy atom. The van der Waals surface area contributed by atoms with E-state index in [1.54, 1.807) is 0 Å². The molecule has 0 radical (unpaired) electrons. The lowest BCUT2D eigenvalue weighted by Crippen LogP contribution is -2.39. The lowest BCUT2D eigenvalue weighted by atomic mass is 9.91. The number of aliphatic hydroxyl groups excluding tert-OH is 1. The van der Waals surface area contributed by atoms with Gasteiger partial charge in [0.15, 0.2) is 0 Å². The third-order valence-electron chi connectivity index (χ3n) is 3.60. The molecule has 94 valence electrons. The van der Waals surface area contributed by atoms with Crippen molar-refractivity contribution in [2.75, 3.05) is 18.0 Å². The number of nitrogens with zero attached hydrogens (tertiary/aromatic N) is 1. The fraction of sp³-hybridized carbons (Fsp3) is 0.600. The summed E-state index contributed by atoms with van der Waals surface area (Å²) in [6.07, 6.45) is 0.923. The molecule has 1 aliphatic rings. The summed E-state index contributed by atoms with van der Waals surface area (Å²) in [5.41, 5.74) is 2.26. The Morgan fingerprint density at radius 2 is 1.76 bits per heavy atom. The highest BCUT2D eigenvalue weighted by Crippen LogP contribution is 2.31.